The number of fused-ring (bicyclic) bond motifs is 1. The van der Waals surface area contributed by atoms with Crippen molar-refractivity contribution < 1.29 is 4.79 Å². The molecule has 1 aliphatic rings. The number of hydrogen-bond donors (Lipinski definition) is 0. The zero-order valence-corrected chi connectivity index (χ0v) is 13.4. The lowest BCUT2D eigenvalue weighted by Crippen LogP contribution is -2.35. The number of hydrogen-bond acceptors (Lipinski definition) is 5. The Balaban J connectivity index is 1.54. The molecule has 0 radical (unpaired) electrons. The van der Waals surface area contributed by atoms with Crippen molar-refractivity contribution in [3.63, 3.8) is 0 Å². The van der Waals surface area contributed by atoms with E-state index in [9.17, 15) is 4.79 Å². The van der Waals surface area contributed by atoms with Gasteiger partial charge in [-0.05, 0) is 18.1 Å². The molecule has 0 fully saturated rings. The van der Waals surface area contributed by atoms with E-state index in [1.165, 1.54) is 17.0 Å². The van der Waals surface area contributed by atoms with E-state index in [0.29, 0.717) is 29.5 Å². The number of carbonyl (C=O) groups is 1. The Hall–Kier alpha value is -2.80. The van der Waals surface area contributed by atoms with Gasteiger partial charge in [0.1, 0.15) is 6.33 Å². The molecule has 7 nitrogen and oxygen atoms in total. The molecule has 0 N–H and O–H groups in total. The maximum Gasteiger partial charge on any atom is 0.274 e. The number of rotatable bonds is 2. The molecule has 1 aliphatic heterocycles. The second-order valence-electron chi connectivity index (χ2n) is 5.43. The van der Waals surface area contributed by atoms with Crippen LogP contribution in [0.25, 0.3) is 11.2 Å². The highest BCUT2D eigenvalue weighted by atomic mass is 35.5. The molecule has 0 aliphatic carbocycles. The zero-order valence-electron chi connectivity index (χ0n) is 12.6. The first-order chi connectivity index (χ1) is 11.7. The van der Waals surface area contributed by atoms with Crippen LogP contribution in [-0.4, -0.2) is 48.5 Å². The fraction of sp³-hybridized carbons (Fsp3) is 0.188. The van der Waals surface area contributed by atoms with Crippen molar-refractivity contribution in [3.8, 4) is 0 Å². The second-order valence-corrected chi connectivity index (χ2v) is 5.87. The molecule has 1 amide bonds. The highest BCUT2D eigenvalue weighted by Crippen LogP contribution is 2.21. The Labute approximate surface area is 142 Å². The summed E-state index contributed by atoms with van der Waals surface area (Å²) in [5.74, 6) is -0.116. The van der Waals surface area contributed by atoms with Gasteiger partial charge in [0.15, 0.2) is 11.3 Å². The largest absolute Gasteiger partial charge is 0.333 e. The van der Waals surface area contributed by atoms with Crippen molar-refractivity contribution in [3.05, 3.63) is 59.5 Å². The molecule has 120 valence electrons. The molecule has 0 atom stereocenters. The number of amides is 1. The molecule has 0 saturated heterocycles. The fourth-order valence-corrected chi connectivity index (χ4v) is 2.83. The van der Waals surface area contributed by atoms with Crippen LogP contribution < -0.4 is 0 Å². The number of halogens is 1. The Morgan fingerprint density at radius 2 is 2.21 bits per heavy atom. The van der Waals surface area contributed by atoms with Gasteiger partial charge in [-0.2, -0.15) is 5.10 Å². The van der Waals surface area contributed by atoms with E-state index in [1.54, 1.807) is 23.4 Å². The second kappa shape index (κ2) is 6.01. The lowest BCUT2D eigenvalue weighted by molar-refractivity contribution is 0.0766. The predicted molar refractivity (Wildman–Crippen MR) is 88.5 cm³/mol. The van der Waals surface area contributed by atoms with E-state index in [-0.39, 0.29) is 5.91 Å². The van der Waals surface area contributed by atoms with Gasteiger partial charge in [0.2, 0.25) is 0 Å². The molecule has 0 saturated carbocycles. The van der Waals surface area contributed by atoms with Crippen molar-refractivity contribution in [1.82, 2.24) is 29.5 Å². The van der Waals surface area contributed by atoms with Gasteiger partial charge in [-0.15, -0.1) is 0 Å². The van der Waals surface area contributed by atoms with Crippen LogP contribution in [0.15, 0.2) is 43.1 Å². The van der Waals surface area contributed by atoms with Crippen LogP contribution in [0.3, 0.4) is 0 Å². The van der Waals surface area contributed by atoms with Crippen molar-refractivity contribution in [2.24, 2.45) is 0 Å². The Bertz CT molecular complexity index is 936. The normalized spacial score (nSPS) is 14.7. The van der Waals surface area contributed by atoms with Crippen LogP contribution in [0.2, 0.25) is 5.02 Å². The maximum absolute atomic E-state index is 12.6. The quantitative estimate of drug-likeness (QED) is 0.714. The monoisotopic (exact) mass is 340 g/mol. The van der Waals surface area contributed by atoms with Crippen LogP contribution >= 0.6 is 11.6 Å². The van der Waals surface area contributed by atoms with Gasteiger partial charge >= 0.3 is 0 Å². The maximum atomic E-state index is 12.6. The lowest BCUT2D eigenvalue weighted by Gasteiger charge is -2.25. The van der Waals surface area contributed by atoms with Gasteiger partial charge in [-0.1, -0.05) is 17.7 Å². The summed E-state index contributed by atoms with van der Waals surface area (Å²) < 4.78 is 1.52. The van der Waals surface area contributed by atoms with Crippen molar-refractivity contribution in [2.75, 3.05) is 13.1 Å². The Morgan fingerprint density at radius 3 is 2.96 bits per heavy atom. The molecule has 0 spiro atoms. The topological polar surface area (TPSA) is 76.3 Å². The van der Waals surface area contributed by atoms with E-state index in [0.717, 1.165) is 17.7 Å². The molecule has 4 rings (SSSR count). The molecule has 0 unspecified atom stereocenters. The van der Waals surface area contributed by atoms with Crippen molar-refractivity contribution in [1.29, 1.82) is 0 Å². The minimum Gasteiger partial charge on any atom is -0.333 e. The van der Waals surface area contributed by atoms with Crippen LogP contribution in [0, 0.1) is 0 Å². The summed E-state index contributed by atoms with van der Waals surface area (Å²) in [5, 5.41) is 4.74. The first kappa shape index (κ1) is 14.8. The summed E-state index contributed by atoms with van der Waals surface area (Å²) in [6.45, 7) is 1.15. The molecular weight excluding hydrogens is 328 g/mol. The molecular formula is C16H13ClN6O. The van der Waals surface area contributed by atoms with E-state index >= 15 is 0 Å². The first-order valence-electron chi connectivity index (χ1n) is 7.46. The molecule has 0 aromatic carbocycles. The van der Waals surface area contributed by atoms with Crippen molar-refractivity contribution >= 4 is 28.7 Å². The minimum atomic E-state index is -0.116. The van der Waals surface area contributed by atoms with Crippen molar-refractivity contribution in [2.45, 2.75) is 6.42 Å². The minimum absolute atomic E-state index is 0.116. The van der Waals surface area contributed by atoms with Gasteiger partial charge < -0.3 is 4.90 Å². The van der Waals surface area contributed by atoms with E-state index in [1.807, 2.05) is 12.1 Å². The molecule has 0 bridgehead atoms. The van der Waals surface area contributed by atoms with Crippen LogP contribution in [0.4, 0.5) is 0 Å². The van der Waals surface area contributed by atoms with Gasteiger partial charge in [0.05, 0.1) is 16.9 Å². The van der Waals surface area contributed by atoms with E-state index in [4.69, 9.17) is 11.6 Å². The fourth-order valence-electron chi connectivity index (χ4n) is 2.69. The van der Waals surface area contributed by atoms with Crippen LogP contribution in [-0.2, 0) is 0 Å². The van der Waals surface area contributed by atoms with Crippen LogP contribution in [0.1, 0.15) is 22.6 Å². The van der Waals surface area contributed by atoms with E-state index < -0.39 is 0 Å². The summed E-state index contributed by atoms with van der Waals surface area (Å²) in [6, 6.07) is 3.54. The zero-order chi connectivity index (χ0) is 16.5. The van der Waals surface area contributed by atoms with Gasteiger partial charge in [0, 0.05) is 31.5 Å². The summed E-state index contributed by atoms with van der Waals surface area (Å²) in [5.41, 5.74) is 2.99. The molecule has 8 heteroatoms. The molecule has 24 heavy (non-hydrogen) atoms. The third kappa shape index (κ3) is 2.74. The molecule has 3 aromatic rings. The predicted octanol–water partition coefficient (Wildman–Crippen LogP) is 2.10. The van der Waals surface area contributed by atoms with E-state index in [2.05, 4.69) is 20.1 Å². The lowest BCUT2D eigenvalue weighted by atomic mass is 10.0. The summed E-state index contributed by atoms with van der Waals surface area (Å²) in [7, 11) is 0. The highest BCUT2D eigenvalue weighted by Gasteiger charge is 2.22. The smallest absolute Gasteiger partial charge is 0.274 e. The summed E-state index contributed by atoms with van der Waals surface area (Å²) in [4.78, 5) is 26.7. The number of carbonyl (C=O) groups excluding carboxylic acids is 1. The number of aromatic nitrogens is 5. The average Bonchev–Trinajstić information content (AvgIpc) is 3.05. The standard InChI is InChI=1S/C16H13ClN6O/c17-12-8-19-15-7-14(21-23(15)9-12)16(24)22-5-2-11(3-6-22)13-1-4-18-10-20-13/h1-2,4,7-10H,3,5-6H2. The third-order valence-corrected chi connectivity index (χ3v) is 4.10. The average molecular weight is 341 g/mol. The van der Waals surface area contributed by atoms with Gasteiger partial charge in [0.25, 0.3) is 5.91 Å². The van der Waals surface area contributed by atoms with Gasteiger partial charge in [-0.3, -0.25) is 4.79 Å². The third-order valence-electron chi connectivity index (χ3n) is 3.91. The molecule has 4 heterocycles. The highest BCUT2D eigenvalue weighted by molar-refractivity contribution is 6.30. The SMILES string of the molecule is O=C(c1cc2ncc(Cl)cn2n1)N1CC=C(c2ccncn2)CC1. The van der Waals surface area contributed by atoms with Crippen LogP contribution in [0.5, 0.6) is 0 Å². The number of nitrogens with zero attached hydrogens (tertiary/aromatic N) is 6. The van der Waals surface area contributed by atoms with Gasteiger partial charge in [-0.25, -0.2) is 19.5 Å². The summed E-state index contributed by atoms with van der Waals surface area (Å²) in [6.07, 6.45) is 9.18. The molecule has 3 aromatic heterocycles. The Morgan fingerprint density at radius 1 is 1.29 bits per heavy atom. The Kier molecular flexibility index (Phi) is 3.70. The summed E-state index contributed by atoms with van der Waals surface area (Å²) >= 11 is 5.89. The first-order valence-corrected chi connectivity index (χ1v) is 7.84.